The van der Waals surface area contributed by atoms with E-state index in [1.807, 2.05) is 0 Å². The summed E-state index contributed by atoms with van der Waals surface area (Å²) in [7, 11) is -1.26. The van der Waals surface area contributed by atoms with Gasteiger partial charge < -0.3 is 4.74 Å². The molecule has 0 radical (unpaired) electrons. The van der Waals surface area contributed by atoms with Crippen molar-refractivity contribution < 1.29 is 13.7 Å². The Labute approximate surface area is 144 Å². The van der Waals surface area contributed by atoms with Crippen LogP contribution in [0, 0.1) is 0 Å². The van der Waals surface area contributed by atoms with Gasteiger partial charge in [0.1, 0.15) is 11.4 Å². The van der Waals surface area contributed by atoms with Gasteiger partial charge in [0.25, 0.3) is 5.56 Å². The van der Waals surface area contributed by atoms with Gasteiger partial charge in [0.15, 0.2) is 14.7 Å². The lowest BCUT2D eigenvalue weighted by Crippen LogP contribution is -2.44. The molecule has 130 valence electrons. The third-order valence-electron chi connectivity index (χ3n) is 3.40. The average molecular weight is 370 g/mol. The fraction of sp³-hybridized carbons (Fsp3) is 0.571. The van der Waals surface area contributed by atoms with Crippen LogP contribution in [0.15, 0.2) is 9.13 Å². The summed E-state index contributed by atoms with van der Waals surface area (Å²) in [4.78, 5) is 35.3. The Morgan fingerprint density at radius 1 is 1.29 bits per heavy atom. The predicted octanol–water partition coefficient (Wildman–Crippen LogP) is 1.34. The van der Waals surface area contributed by atoms with Gasteiger partial charge in [-0.25, -0.2) is 14.8 Å². The second-order valence-corrected chi connectivity index (χ2v) is 9.01. The van der Waals surface area contributed by atoms with E-state index in [1.54, 1.807) is 20.8 Å². The number of amides is 1. The lowest BCUT2D eigenvalue weighted by Gasteiger charge is -2.31. The van der Waals surface area contributed by atoms with Gasteiger partial charge in [-0.15, -0.1) is 0 Å². The largest absolute Gasteiger partial charge is 0.444 e. The molecular formula is C14H18N4O4S2. The summed E-state index contributed by atoms with van der Waals surface area (Å²) in [6.07, 6.45) is 1.09. The smallest absolute Gasteiger partial charge is 0.410 e. The molecule has 1 unspecified atom stereocenters. The number of carbonyl (C=O) groups excluding carboxylic acids is 1. The Morgan fingerprint density at radius 2 is 2.00 bits per heavy atom. The second-order valence-electron chi connectivity index (χ2n) is 6.47. The van der Waals surface area contributed by atoms with Crippen LogP contribution in [-0.4, -0.2) is 48.1 Å². The van der Waals surface area contributed by atoms with Crippen LogP contribution in [-0.2, 0) is 28.6 Å². The number of nitrogens with zero attached hydrogens (tertiary/aromatic N) is 4. The first-order valence-electron chi connectivity index (χ1n) is 7.37. The quantitative estimate of drug-likeness (QED) is 0.752. The van der Waals surface area contributed by atoms with Crippen molar-refractivity contribution in [2.24, 2.45) is 0 Å². The van der Waals surface area contributed by atoms with Crippen LogP contribution in [0.3, 0.4) is 0 Å². The summed E-state index contributed by atoms with van der Waals surface area (Å²) in [5.74, 6) is 0.488. The van der Waals surface area contributed by atoms with E-state index in [9.17, 15) is 13.8 Å². The maximum absolute atomic E-state index is 12.5. The molecule has 0 spiro atoms. The molecule has 0 bridgehead atoms. The molecule has 0 aliphatic carbocycles. The molecule has 1 aliphatic heterocycles. The van der Waals surface area contributed by atoms with Gasteiger partial charge in [-0.1, -0.05) is 11.3 Å². The SMILES string of the molecule is CS(=O)c1nc2c(=O)n3c(nc2s1)CN(C(=O)OC(C)(C)C)CC3. The van der Waals surface area contributed by atoms with Gasteiger partial charge in [0.05, 0.1) is 17.3 Å². The Bertz CT molecular complexity index is 897. The van der Waals surface area contributed by atoms with Crippen molar-refractivity contribution in [1.29, 1.82) is 0 Å². The molecule has 0 aromatic carbocycles. The van der Waals surface area contributed by atoms with E-state index in [0.717, 1.165) is 11.3 Å². The highest BCUT2D eigenvalue weighted by Gasteiger charge is 2.28. The van der Waals surface area contributed by atoms with Crippen molar-refractivity contribution >= 4 is 38.6 Å². The molecule has 2 aromatic heterocycles. The van der Waals surface area contributed by atoms with Crippen LogP contribution in [0.25, 0.3) is 10.3 Å². The number of aromatic nitrogens is 3. The fourth-order valence-corrected chi connectivity index (χ4v) is 3.97. The Kier molecular flexibility index (Phi) is 4.20. The number of thiazole rings is 1. The monoisotopic (exact) mass is 370 g/mol. The molecular weight excluding hydrogens is 352 g/mol. The molecule has 10 heteroatoms. The molecule has 3 rings (SSSR count). The fourth-order valence-electron chi connectivity index (χ4n) is 2.36. The molecule has 8 nitrogen and oxygen atoms in total. The highest BCUT2D eigenvalue weighted by molar-refractivity contribution is 7.86. The van der Waals surface area contributed by atoms with E-state index in [1.165, 1.54) is 15.7 Å². The summed E-state index contributed by atoms with van der Waals surface area (Å²) >= 11 is 1.14. The molecule has 3 heterocycles. The number of fused-ring (bicyclic) bond motifs is 2. The van der Waals surface area contributed by atoms with E-state index in [0.29, 0.717) is 28.1 Å². The van der Waals surface area contributed by atoms with Crippen molar-refractivity contribution in [3.05, 3.63) is 16.2 Å². The standard InChI is InChI=1S/C14H18N4O4S2/c1-14(2,3)22-13(20)17-5-6-18-8(7-17)15-10-9(11(18)19)16-12(23-10)24(4)21/h5-7H2,1-4H3. The number of hydrogen-bond acceptors (Lipinski definition) is 7. The summed E-state index contributed by atoms with van der Waals surface area (Å²) in [5.41, 5.74) is -0.602. The first-order chi connectivity index (χ1) is 11.2. The van der Waals surface area contributed by atoms with E-state index in [4.69, 9.17) is 4.74 Å². The molecule has 0 N–H and O–H groups in total. The number of hydrogen-bond donors (Lipinski definition) is 0. The van der Waals surface area contributed by atoms with Gasteiger partial charge in [-0.3, -0.25) is 18.5 Å². The molecule has 1 atom stereocenters. The second kappa shape index (κ2) is 5.92. The minimum absolute atomic E-state index is 0.197. The number of rotatable bonds is 1. The van der Waals surface area contributed by atoms with Crippen molar-refractivity contribution in [2.75, 3.05) is 12.8 Å². The number of carbonyl (C=O) groups is 1. The normalized spacial score (nSPS) is 16.1. The maximum Gasteiger partial charge on any atom is 0.410 e. The third kappa shape index (κ3) is 3.20. The summed E-state index contributed by atoms with van der Waals surface area (Å²) in [6.45, 7) is 6.31. The van der Waals surface area contributed by atoms with Crippen LogP contribution in [0.5, 0.6) is 0 Å². The van der Waals surface area contributed by atoms with Gasteiger partial charge in [-0.05, 0) is 20.8 Å². The van der Waals surface area contributed by atoms with Crippen molar-refractivity contribution in [1.82, 2.24) is 19.4 Å². The van der Waals surface area contributed by atoms with E-state index >= 15 is 0 Å². The van der Waals surface area contributed by atoms with Crippen molar-refractivity contribution in [2.45, 2.75) is 43.8 Å². The minimum Gasteiger partial charge on any atom is -0.444 e. The third-order valence-corrected chi connectivity index (χ3v) is 5.68. The molecule has 0 saturated heterocycles. The predicted molar refractivity (Wildman–Crippen MR) is 90.7 cm³/mol. The van der Waals surface area contributed by atoms with E-state index in [2.05, 4.69) is 9.97 Å². The Morgan fingerprint density at radius 3 is 2.62 bits per heavy atom. The van der Waals surface area contributed by atoms with Gasteiger partial charge in [-0.2, -0.15) is 0 Å². The van der Waals surface area contributed by atoms with Crippen LogP contribution in [0.2, 0.25) is 0 Å². The first kappa shape index (κ1) is 17.0. The first-order valence-corrected chi connectivity index (χ1v) is 9.75. The van der Waals surface area contributed by atoms with Gasteiger partial charge in [0, 0.05) is 19.3 Å². The minimum atomic E-state index is -1.26. The Hall–Kier alpha value is -1.81. The molecule has 1 aliphatic rings. The van der Waals surface area contributed by atoms with E-state index < -0.39 is 22.5 Å². The topological polar surface area (TPSA) is 94.4 Å². The van der Waals surface area contributed by atoms with Crippen LogP contribution >= 0.6 is 11.3 Å². The van der Waals surface area contributed by atoms with Crippen molar-refractivity contribution in [3.63, 3.8) is 0 Å². The van der Waals surface area contributed by atoms with Crippen molar-refractivity contribution in [3.8, 4) is 0 Å². The summed E-state index contributed by atoms with van der Waals surface area (Å²) in [6, 6.07) is 0. The maximum atomic E-state index is 12.5. The Balaban J connectivity index is 1.95. The van der Waals surface area contributed by atoms with Crippen LogP contribution in [0.4, 0.5) is 4.79 Å². The highest BCUT2D eigenvalue weighted by Crippen LogP contribution is 2.22. The summed E-state index contributed by atoms with van der Waals surface area (Å²) in [5, 5.41) is 0. The lowest BCUT2D eigenvalue weighted by molar-refractivity contribution is 0.0192. The van der Waals surface area contributed by atoms with E-state index in [-0.39, 0.29) is 17.6 Å². The van der Waals surface area contributed by atoms with Gasteiger partial charge >= 0.3 is 6.09 Å². The highest BCUT2D eigenvalue weighted by atomic mass is 32.2. The molecule has 1 amide bonds. The average Bonchev–Trinajstić information content (AvgIpc) is 2.89. The van der Waals surface area contributed by atoms with Gasteiger partial charge in [0.2, 0.25) is 0 Å². The number of ether oxygens (including phenoxy) is 1. The van der Waals surface area contributed by atoms with Crippen LogP contribution in [0.1, 0.15) is 26.6 Å². The zero-order valence-corrected chi connectivity index (χ0v) is 15.5. The molecule has 0 fully saturated rings. The summed E-state index contributed by atoms with van der Waals surface area (Å²) < 4.78 is 18.8. The zero-order valence-electron chi connectivity index (χ0n) is 13.9. The molecule has 0 saturated carbocycles. The molecule has 2 aromatic rings. The van der Waals surface area contributed by atoms with Crippen LogP contribution < -0.4 is 5.56 Å². The zero-order chi connectivity index (χ0) is 17.6. The molecule has 24 heavy (non-hydrogen) atoms. The lowest BCUT2D eigenvalue weighted by atomic mass is 10.2.